The number of carbonyl (C=O) groups excluding carboxylic acids is 1. The van der Waals surface area contributed by atoms with Crippen LogP contribution in [0.3, 0.4) is 0 Å². The highest BCUT2D eigenvalue weighted by molar-refractivity contribution is 5.78. The van der Waals surface area contributed by atoms with Gasteiger partial charge in [0.2, 0.25) is 5.91 Å². The monoisotopic (exact) mass is 331 g/mol. The molecule has 1 aromatic carbocycles. The minimum absolute atomic E-state index is 0.0817. The normalized spacial score (nSPS) is 17.5. The number of ether oxygens (including phenoxy) is 2. The third kappa shape index (κ3) is 4.33. The number of aromatic nitrogens is 2. The Bertz CT molecular complexity index is 666. The Balaban J connectivity index is 1.40. The van der Waals surface area contributed by atoms with E-state index in [1.165, 1.54) is 11.1 Å². The van der Waals surface area contributed by atoms with Gasteiger partial charge in [0.1, 0.15) is 12.4 Å². The predicted molar refractivity (Wildman–Crippen MR) is 92.1 cm³/mol. The fourth-order valence-electron chi connectivity index (χ4n) is 2.87. The van der Waals surface area contributed by atoms with Gasteiger partial charge < -0.3 is 19.8 Å². The van der Waals surface area contributed by atoms with E-state index in [0.717, 1.165) is 36.3 Å². The lowest BCUT2D eigenvalue weighted by Gasteiger charge is -2.10. The van der Waals surface area contributed by atoms with Crippen molar-refractivity contribution in [3.8, 4) is 0 Å². The quantitative estimate of drug-likeness (QED) is 0.814. The minimum Gasteiger partial charge on any atom is -0.376 e. The molecule has 1 atom stereocenters. The highest BCUT2D eigenvalue weighted by Gasteiger charge is 2.15. The summed E-state index contributed by atoms with van der Waals surface area (Å²) in [6.07, 6.45) is 2.92. The Morgan fingerprint density at radius 2 is 2.25 bits per heavy atom. The molecule has 6 nitrogen and oxygen atoms in total. The van der Waals surface area contributed by atoms with Gasteiger partial charge in [0.25, 0.3) is 0 Å². The van der Waals surface area contributed by atoms with Gasteiger partial charge in [-0.2, -0.15) is 0 Å². The van der Waals surface area contributed by atoms with Crippen LogP contribution in [-0.2, 0) is 20.7 Å². The number of fused-ring (bicyclic) bond motifs is 1. The molecule has 3 rings (SSSR count). The standard InChI is InChI=1S/C18H25N3O3/c1-12-8-15-16(9-13(12)2)21-17(20-15)5-6-19-18(22)11-23-10-14-4-3-7-24-14/h8-9,14H,3-7,10-11H2,1-2H3,(H,19,22)(H,20,21)/t14-/m0/s1. The van der Waals surface area contributed by atoms with Gasteiger partial charge in [-0.05, 0) is 49.9 Å². The fourth-order valence-corrected chi connectivity index (χ4v) is 2.87. The van der Waals surface area contributed by atoms with Crippen molar-refractivity contribution in [2.24, 2.45) is 0 Å². The van der Waals surface area contributed by atoms with Gasteiger partial charge in [-0.25, -0.2) is 4.98 Å². The summed E-state index contributed by atoms with van der Waals surface area (Å²) in [5.41, 5.74) is 4.49. The Kier molecular flexibility index (Phi) is 5.48. The van der Waals surface area contributed by atoms with Crippen molar-refractivity contribution in [2.75, 3.05) is 26.4 Å². The number of aromatic amines is 1. The van der Waals surface area contributed by atoms with E-state index >= 15 is 0 Å². The van der Waals surface area contributed by atoms with Crippen molar-refractivity contribution in [1.29, 1.82) is 0 Å². The van der Waals surface area contributed by atoms with E-state index < -0.39 is 0 Å². The second kappa shape index (κ2) is 7.77. The summed E-state index contributed by atoms with van der Waals surface area (Å²) < 4.78 is 10.8. The van der Waals surface area contributed by atoms with Crippen molar-refractivity contribution in [3.05, 3.63) is 29.1 Å². The number of imidazole rings is 1. The lowest BCUT2D eigenvalue weighted by molar-refractivity contribution is -0.126. The zero-order chi connectivity index (χ0) is 16.9. The summed E-state index contributed by atoms with van der Waals surface area (Å²) in [5, 5.41) is 2.86. The number of carbonyl (C=O) groups is 1. The molecule has 1 aliphatic heterocycles. The van der Waals surface area contributed by atoms with Gasteiger partial charge in [0, 0.05) is 19.6 Å². The summed E-state index contributed by atoms with van der Waals surface area (Å²) in [4.78, 5) is 19.6. The highest BCUT2D eigenvalue weighted by Crippen LogP contribution is 2.17. The molecule has 0 radical (unpaired) electrons. The zero-order valence-corrected chi connectivity index (χ0v) is 14.4. The highest BCUT2D eigenvalue weighted by atomic mass is 16.5. The average molecular weight is 331 g/mol. The molecule has 0 aliphatic carbocycles. The topological polar surface area (TPSA) is 76.2 Å². The SMILES string of the molecule is Cc1cc2nc(CCNC(=O)COC[C@@H]3CCCO3)[nH]c2cc1C. The average Bonchev–Trinajstić information content (AvgIpc) is 3.17. The molecular formula is C18H25N3O3. The summed E-state index contributed by atoms with van der Waals surface area (Å²) in [5.74, 6) is 0.784. The Labute approximate surface area is 141 Å². The van der Waals surface area contributed by atoms with E-state index in [2.05, 4.69) is 41.3 Å². The van der Waals surface area contributed by atoms with Crippen LogP contribution in [0, 0.1) is 13.8 Å². The summed E-state index contributed by atoms with van der Waals surface area (Å²) >= 11 is 0. The Morgan fingerprint density at radius 3 is 3.04 bits per heavy atom. The number of rotatable bonds is 7. The maximum absolute atomic E-state index is 11.8. The lowest BCUT2D eigenvalue weighted by Crippen LogP contribution is -2.30. The number of benzene rings is 1. The second-order valence-electron chi connectivity index (χ2n) is 6.39. The van der Waals surface area contributed by atoms with Gasteiger partial charge >= 0.3 is 0 Å². The minimum atomic E-state index is -0.101. The predicted octanol–water partition coefficient (Wildman–Crippen LogP) is 2.03. The molecule has 6 heteroatoms. The molecule has 2 aromatic rings. The maximum Gasteiger partial charge on any atom is 0.246 e. The molecule has 0 unspecified atom stereocenters. The van der Waals surface area contributed by atoms with Crippen LogP contribution in [0.15, 0.2) is 12.1 Å². The van der Waals surface area contributed by atoms with Crippen LogP contribution in [-0.4, -0.2) is 48.3 Å². The largest absolute Gasteiger partial charge is 0.376 e. The van der Waals surface area contributed by atoms with E-state index in [9.17, 15) is 4.79 Å². The van der Waals surface area contributed by atoms with Gasteiger partial charge in [-0.1, -0.05) is 0 Å². The molecule has 1 saturated heterocycles. The number of H-pyrrole nitrogens is 1. The van der Waals surface area contributed by atoms with E-state index in [4.69, 9.17) is 9.47 Å². The Morgan fingerprint density at radius 1 is 1.42 bits per heavy atom. The van der Waals surface area contributed by atoms with Crippen molar-refractivity contribution in [3.63, 3.8) is 0 Å². The molecule has 2 N–H and O–H groups in total. The lowest BCUT2D eigenvalue weighted by atomic mass is 10.1. The van der Waals surface area contributed by atoms with Crippen LogP contribution < -0.4 is 5.32 Å². The first-order chi connectivity index (χ1) is 11.6. The van der Waals surface area contributed by atoms with Crippen LogP contribution in [0.2, 0.25) is 0 Å². The van der Waals surface area contributed by atoms with Gasteiger partial charge in [0.15, 0.2) is 0 Å². The van der Waals surface area contributed by atoms with Crippen molar-refractivity contribution in [1.82, 2.24) is 15.3 Å². The fraction of sp³-hybridized carbons (Fsp3) is 0.556. The van der Waals surface area contributed by atoms with E-state index in [-0.39, 0.29) is 18.6 Å². The first-order valence-electron chi connectivity index (χ1n) is 8.53. The van der Waals surface area contributed by atoms with E-state index in [0.29, 0.717) is 19.6 Å². The molecule has 130 valence electrons. The van der Waals surface area contributed by atoms with E-state index in [1.54, 1.807) is 0 Å². The number of nitrogens with zero attached hydrogens (tertiary/aromatic N) is 1. The number of nitrogens with one attached hydrogen (secondary N) is 2. The maximum atomic E-state index is 11.8. The third-order valence-corrected chi connectivity index (χ3v) is 4.39. The van der Waals surface area contributed by atoms with Crippen LogP contribution in [0.25, 0.3) is 11.0 Å². The first kappa shape index (κ1) is 16.9. The van der Waals surface area contributed by atoms with Crippen LogP contribution in [0.1, 0.15) is 29.8 Å². The van der Waals surface area contributed by atoms with Crippen LogP contribution in [0.5, 0.6) is 0 Å². The van der Waals surface area contributed by atoms with Crippen molar-refractivity contribution >= 4 is 16.9 Å². The van der Waals surface area contributed by atoms with Crippen molar-refractivity contribution in [2.45, 2.75) is 39.2 Å². The molecule has 1 amide bonds. The summed E-state index contributed by atoms with van der Waals surface area (Å²) in [7, 11) is 0. The van der Waals surface area contributed by atoms with Gasteiger partial charge in [-0.15, -0.1) is 0 Å². The van der Waals surface area contributed by atoms with E-state index in [1.807, 2.05) is 0 Å². The molecule has 0 saturated carbocycles. The third-order valence-electron chi connectivity index (χ3n) is 4.39. The second-order valence-corrected chi connectivity index (χ2v) is 6.39. The summed E-state index contributed by atoms with van der Waals surface area (Å²) in [6, 6.07) is 4.20. The van der Waals surface area contributed by atoms with Crippen molar-refractivity contribution < 1.29 is 14.3 Å². The smallest absolute Gasteiger partial charge is 0.246 e. The van der Waals surface area contributed by atoms with Gasteiger partial charge in [0.05, 0.1) is 23.7 Å². The molecule has 24 heavy (non-hydrogen) atoms. The number of hydrogen-bond acceptors (Lipinski definition) is 4. The number of aryl methyl sites for hydroxylation is 2. The molecule has 1 aliphatic rings. The first-order valence-corrected chi connectivity index (χ1v) is 8.53. The summed E-state index contributed by atoms with van der Waals surface area (Å²) in [6.45, 7) is 6.09. The van der Waals surface area contributed by atoms with Gasteiger partial charge in [-0.3, -0.25) is 4.79 Å². The molecular weight excluding hydrogens is 306 g/mol. The number of amides is 1. The molecule has 0 bridgehead atoms. The van der Waals surface area contributed by atoms with Crippen LogP contribution in [0.4, 0.5) is 0 Å². The molecule has 1 aromatic heterocycles. The molecule has 2 heterocycles. The Hall–Kier alpha value is -1.92. The number of hydrogen-bond donors (Lipinski definition) is 2. The molecule has 1 fully saturated rings. The van der Waals surface area contributed by atoms with Crippen LogP contribution >= 0.6 is 0 Å². The zero-order valence-electron chi connectivity index (χ0n) is 14.4. The molecule has 0 spiro atoms.